The molecule has 0 saturated carbocycles. The van der Waals surface area contributed by atoms with Gasteiger partial charge in [-0.05, 0) is 76.5 Å². The Morgan fingerprint density at radius 3 is 2.46 bits per heavy atom. The van der Waals surface area contributed by atoms with Gasteiger partial charge in [-0.15, -0.1) is 0 Å². The molecule has 0 bridgehead atoms. The third-order valence-electron chi connectivity index (χ3n) is 4.60. The largest absolute Gasteiger partial charge is 0.490 e. The predicted octanol–water partition coefficient (Wildman–Crippen LogP) is 5.49. The zero-order valence-electron chi connectivity index (χ0n) is 18.5. The minimum atomic E-state index is -4.18. The van der Waals surface area contributed by atoms with Gasteiger partial charge in [-0.1, -0.05) is 41.9 Å². The second-order valence-electron chi connectivity index (χ2n) is 7.09. The van der Waals surface area contributed by atoms with Gasteiger partial charge in [-0.25, -0.2) is 0 Å². The van der Waals surface area contributed by atoms with E-state index in [1.54, 1.807) is 6.92 Å². The Bertz CT molecular complexity index is 1390. The molecule has 3 aromatic carbocycles. The van der Waals surface area contributed by atoms with Crippen LogP contribution in [0.5, 0.6) is 11.5 Å². The van der Waals surface area contributed by atoms with Crippen LogP contribution in [-0.4, -0.2) is 20.9 Å². The lowest BCUT2D eigenvalue weighted by Gasteiger charge is -2.14. The molecule has 0 saturated heterocycles. The standard InChI is InChI=1S/C25H20BrClN2O5S/c1-2-33-23-14-18(12-19(15-28)25(30)29-16-17-6-4-3-5-7-17)13-22(26)24(23)34-35(31,32)21-10-8-20(27)9-11-21/h3-14H,2,16H2,1H3,(H,29,30)/b19-12+. The molecule has 0 radical (unpaired) electrons. The highest BCUT2D eigenvalue weighted by atomic mass is 79.9. The van der Waals surface area contributed by atoms with E-state index >= 15 is 0 Å². The number of hydrogen-bond donors (Lipinski definition) is 1. The van der Waals surface area contributed by atoms with Crippen LogP contribution in [-0.2, 0) is 21.5 Å². The first kappa shape index (κ1) is 26.3. The van der Waals surface area contributed by atoms with Crippen molar-refractivity contribution in [3.8, 4) is 17.6 Å². The van der Waals surface area contributed by atoms with E-state index in [0.29, 0.717) is 10.6 Å². The summed E-state index contributed by atoms with van der Waals surface area (Å²) in [6.45, 7) is 2.22. The smallest absolute Gasteiger partial charge is 0.339 e. The Balaban J connectivity index is 1.88. The van der Waals surface area contributed by atoms with Crippen molar-refractivity contribution in [1.82, 2.24) is 5.32 Å². The summed E-state index contributed by atoms with van der Waals surface area (Å²) in [4.78, 5) is 12.4. The lowest BCUT2D eigenvalue weighted by atomic mass is 10.1. The molecule has 0 aromatic heterocycles. The van der Waals surface area contributed by atoms with Crippen LogP contribution in [0.3, 0.4) is 0 Å². The fraction of sp³-hybridized carbons (Fsp3) is 0.120. The Hall–Kier alpha value is -3.32. The van der Waals surface area contributed by atoms with Gasteiger partial charge in [0.1, 0.15) is 16.5 Å². The van der Waals surface area contributed by atoms with Crippen molar-refractivity contribution in [3.63, 3.8) is 0 Å². The summed E-state index contributed by atoms with van der Waals surface area (Å²) >= 11 is 9.15. The van der Waals surface area contributed by atoms with Gasteiger partial charge in [0.2, 0.25) is 0 Å². The molecule has 0 aliphatic heterocycles. The quantitative estimate of drug-likeness (QED) is 0.205. The van der Waals surface area contributed by atoms with E-state index in [1.807, 2.05) is 36.4 Å². The van der Waals surface area contributed by atoms with Crippen molar-refractivity contribution in [3.05, 3.63) is 92.9 Å². The first-order valence-electron chi connectivity index (χ1n) is 10.3. The summed E-state index contributed by atoms with van der Waals surface area (Å²) in [7, 11) is -4.18. The maximum atomic E-state index is 12.8. The van der Waals surface area contributed by atoms with Gasteiger partial charge < -0.3 is 14.2 Å². The highest BCUT2D eigenvalue weighted by molar-refractivity contribution is 9.10. The van der Waals surface area contributed by atoms with E-state index in [4.69, 9.17) is 20.5 Å². The lowest BCUT2D eigenvalue weighted by Crippen LogP contribution is -2.23. The van der Waals surface area contributed by atoms with Crippen LogP contribution in [0, 0.1) is 11.3 Å². The fourth-order valence-electron chi connectivity index (χ4n) is 2.96. The predicted molar refractivity (Wildman–Crippen MR) is 136 cm³/mol. The van der Waals surface area contributed by atoms with E-state index in [0.717, 1.165) is 5.56 Å². The Labute approximate surface area is 217 Å². The van der Waals surface area contributed by atoms with E-state index in [9.17, 15) is 18.5 Å². The van der Waals surface area contributed by atoms with Crippen LogP contribution in [0.15, 0.2) is 81.7 Å². The molecule has 3 aromatic rings. The van der Waals surface area contributed by atoms with E-state index in [2.05, 4.69) is 21.2 Å². The van der Waals surface area contributed by atoms with Crippen LogP contribution >= 0.6 is 27.5 Å². The molecule has 0 aliphatic carbocycles. The van der Waals surface area contributed by atoms with Crippen molar-refractivity contribution in [2.24, 2.45) is 0 Å². The van der Waals surface area contributed by atoms with Crippen molar-refractivity contribution in [2.45, 2.75) is 18.4 Å². The second kappa shape index (κ2) is 11.9. The van der Waals surface area contributed by atoms with Crippen molar-refractivity contribution < 1.29 is 22.1 Å². The lowest BCUT2D eigenvalue weighted by molar-refractivity contribution is -0.117. The zero-order chi connectivity index (χ0) is 25.4. The number of carbonyl (C=O) groups is 1. The average molecular weight is 576 g/mol. The number of nitrogens with zero attached hydrogens (tertiary/aromatic N) is 1. The van der Waals surface area contributed by atoms with E-state index in [1.165, 1.54) is 42.5 Å². The van der Waals surface area contributed by atoms with Gasteiger partial charge in [-0.3, -0.25) is 4.79 Å². The molecule has 0 fully saturated rings. The number of rotatable bonds is 9. The van der Waals surface area contributed by atoms with Gasteiger partial charge in [-0.2, -0.15) is 13.7 Å². The summed E-state index contributed by atoms with van der Waals surface area (Å²) in [5.41, 5.74) is 1.20. The van der Waals surface area contributed by atoms with Crippen molar-refractivity contribution in [2.75, 3.05) is 6.61 Å². The molecule has 1 N–H and O–H groups in total. The molecule has 0 spiro atoms. The van der Waals surface area contributed by atoms with E-state index in [-0.39, 0.29) is 39.6 Å². The summed E-state index contributed by atoms with van der Waals surface area (Å²) < 4.78 is 36.7. The SMILES string of the molecule is CCOc1cc(/C=C(\C#N)C(=O)NCc2ccccc2)cc(Br)c1OS(=O)(=O)c1ccc(Cl)cc1. The molecule has 3 rings (SSSR count). The number of hydrogen-bond acceptors (Lipinski definition) is 6. The van der Waals surface area contributed by atoms with Gasteiger partial charge in [0.25, 0.3) is 5.91 Å². The molecule has 180 valence electrons. The molecule has 1 amide bonds. The first-order chi connectivity index (χ1) is 16.7. The van der Waals surface area contributed by atoms with Crippen LogP contribution in [0.25, 0.3) is 6.08 Å². The summed E-state index contributed by atoms with van der Waals surface area (Å²) in [6.07, 6.45) is 1.38. The van der Waals surface area contributed by atoms with Crippen LogP contribution in [0.2, 0.25) is 5.02 Å². The Morgan fingerprint density at radius 1 is 1.14 bits per heavy atom. The van der Waals surface area contributed by atoms with Gasteiger partial charge >= 0.3 is 10.1 Å². The van der Waals surface area contributed by atoms with Gasteiger partial charge in [0.15, 0.2) is 11.5 Å². The zero-order valence-corrected chi connectivity index (χ0v) is 21.7. The highest BCUT2D eigenvalue weighted by Crippen LogP contribution is 2.39. The van der Waals surface area contributed by atoms with Crippen LogP contribution in [0.1, 0.15) is 18.1 Å². The molecular weight excluding hydrogens is 556 g/mol. The number of nitrogens with one attached hydrogen (secondary N) is 1. The monoisotopic (exact) mass is 574 g/mol. The van der Waals surface area contributed by atoms with Crippen molar-refractivity contribution in [1.29, 1.82) is 5.26 Å². The molecule has 7 nitrogen and oxygen atoms in total. The highest BCUT2D eigenvalue weighted by Gasteiger charge is 2.22. The molecule has 0 atom stereocenters. The minimum absolute atomic E-state index is 0.0639. The number of amides is 1. The fourth-order valence-corrected chi connectivity index (χ4v) is 4.69. The maximum Gasteiger partial charge on any atom is 0.339 e. The minimum Gasteiger partial charge on any atom is -0.490 e. The molecule has 0 unspecified atom stereocenters. The summed E-state index contributed by atoms with van der Waals surface area (Å²) in [5, 5.41) is 12.6. The molecule has 35 heavy (non-hydrogen) atoms. The third-order valence-corrected chi connectivity index (χ3v) is 6.68. The number of nitriles is 1. The maximum absolute atomic E-state index is 12.8. The molecule has 10 heteroatoms. The van der Waals surface area contributed by atoms with Gasteiger partial charge in [0, 0.05) is 11.6 Å². The Kier molecular flexibility index (Phi) is 8.93. The number of ether oxygens (including phenoxy) is 1. The van der Waals surface area contributed by atoms with Crippen molar-refractivity contribution >= 4 is 49.6 Å². The molecular formula is C25H20BrClN2O5S. The van der Waals surface area contributed by atoms with Crippen LogP contribution in [0.4, 0.5) is 0 Å². The third kappa shape index (κ3) is 7.09. The van der Waals surface area contributed by atoms with Crippen LogP contribution < -0.4 is 14.2 Å². The Morgan fingerprint density at radius 2 is 1.83 bits per heavy atom. The van der Waals surface area contributed by atoms with E-state index < -0.39 is 16.0 Å². The second-order valence-corrected chi connectivity index (χ2v) is 9.93. The normalized spacial score (nSPS) is 11.4. The topological polar surface area (TPSA) is 105 Å². The first-order valence-corrected chi connectivity index (χ1v) is 12.9. The van der Waals surface area contributed by atoms with Gasteiger partial charge in [0.05, 0.1) is 11.1 Å². The molecule has 0 heterocycles. The average Bonchev–Trinajstić information content (AvgIpc) is 2.84. The summed E-state index contributed by atoms with van der Waals surface area (Å²) in [5.74, 6) is -0.491. The molecule has 0 aliphatic rings. The number of carbonyl (C=O) groups excluding carboxylic acids is 1. The number of benzene rings is 3. The summed E-state index contributed by atoms with van der Waals surface area (Å²) in [6, 6.07) is 19.7. The number of halogens is 2.